The first-order valence-electron chi connectivity index (χ1n) is 10.9. The number of piperidine rings is 1. The first-order chi connectivity index (χ1) is 15.1. The van der Waals surface area contributed by atoms with Crippen LogP contribution in [-0.2, 0) is 14.3 Å². The molecule has 4 rings (SSSR count). The Bertz CT molecular complexity index is 831. The van der Waals surface area contributed by atoms with Gasteiger partial charge in [-0.05, 0) is 37.0 Å². The van der Waals surface area contributed by atoms with E-state index in [9.17, 15) is 14.4 Å². The van der Waals surface area contributed by atoms with Crippen molar-refractivity contribution < 1.29 is 28.6 Å². The maximum absolute atomic E-state index is 13.4. The van der Waals surface area contributed by atoms with Crippen molar-refractivity contribution in [1.82, 2.24) is 15.1 Å². The van der Waals surface area contributed by atoms with Crippen molar-refractivity contribution in [2.75, 3.05) is 46.2 Å². The molecule has 0 radical (unpaired) electrons. The van der Waals surface area contributed by atoms with Crippen LogP contribution in [0.25, 0.3) is 0 Å². The van der Waals surface area contributed by atoms with Crippen LogP contribution in [-0.4, -0.2) is 79.7 Å². The minimum atomic E-state index is -0.644. The molecule has 0 saturated carbocycles. The summed E-state index contributed by atoms with van der Waals surface area (Å²) in [7, 11) is 0. The molecule has 3 amide bonds. The molecule has 1 aromatic carbocycles. The molecular weight excluding hydrogens is 402 g/mol. The van der Waals surface area contributed by atoms with Gasteiger partial charge in [0.2, 0.25) is 18.6 Å². The molecule has 1 N–H and O–H groups in total. The lowest BCUT2D eigenvalue weighted by molar-refractivity contribution is -0.139. The Kier molecular flexibility index (Phi) is 6.60. The fraction of sp³-hybridized carbons (Fsp3) is 0.591. The summed E-state index contributed by atoms with van der Waals surface area (Å²) >= 11 is 0. The number of benzene rings is 1. The molecule has 3 heterocycles. The number of amides is 3. The smallest absolute Gasteiger partial charge is 0.252 e. The van der Waals surface area contributed by atoms with E-state index >= 15 is 0 Å². The van der Waals surface area contributed by atoms with E-state index in [1.54, 1.807) is 23.1 Å². The third-order valence-electron chi connectivity index (χ3n) is 6.18. The number of carbonyl (C=O) groups excluding carboxylic acids is 3. The fourth-order valence-corrected chi connectivity index (χ4v) is 4.33. The molecule has 1 aromatic rings. The predicted octanol–water partition coefficient (Wildman–Crippen LogP) is 1.02. The lowest BCUT2D eigenvalue weighted by Gasteiger charge is -2.38. The van der Waals surface area contributed by atoms with Crippen LogP contribution in [0.3, 0.4) is 0 Å². The molecule has 9 heteroatoms. The van der Waals surface area contributed by atoms with Gasteiger partial charge in [0.15, 0.2) is 11.5 Å². The van der Waals surface area contributed by atoms with Crippen LogP contribution in [0.2, 0.25) is 0 Å². The highest BCUT2D eigenvalue weighted by Gasteiger charge is 2.36. The summed E-state index contributed by atoms with van der Waals surface area (Å²) < 4.78 is 16.0. The van der Waals surface area contributed by atoms with Crippen molar-refractivity contribution in [3.63, 3.8) is 0 Å². The zero-order valence-electron chi connectivity index (χ0n) is 17.8. The standard InChI is InChI=1S/C22H29N3O6/c1-2-19(26)24-7-5-15(6-8-24)20(22(28)25-9-11-29-12-10-25)23-21(27)16-3-4-17-18(13-16)31-14-30-17/h3-4,13,15,20H,2,5-12,14H2,1H3,(H,23,27). The summed E-state index contributed by atoms with van der Waals surface area (Å²) in [5, 5.41) is 2.98. The van der Waals surface area contributed by atoms with Crippen molar-refractivity contribution in [1.29, 1.82) is 0 Å². The van der Waals surface area contributed by atoms with Crippen LogP contribution >= 0.6 is 0 Å². The molecule has 168 valence electrons. The molecule has 3 aliphatic heterocycles. The molecule has 0 aromatic heterocycles. The Balaban J connectivity index is 1.49. The van der Waals surface area contributed by atoms with Gasteiger partial charge in [0, 0.05) is 38.2 Å². The maximum Gasteiger partial charge on any atom is 0.252 e. The zero-order chi connectivity index (χ0) is 21.8. The minimum absolute atomic E-state index is 0.0331. The summed E-state index contributed by atoms with van der Waals surface area (Å²) in [5.74, 6) is 0.809. The molecule has 31 heavy (non-hydrogen) atoms. The number of nitrogens with zero attached hydrogens (tertiary/aromatic N) is 2. The van der Waals surface area contributed by atoms with Gasteiger partial charge in [-0.15, -0.1) is 0 Å². The number of rotatable bonds is 5. The molecule has 0 bridgehead atoms. The number of hydrogen-bond acceptors (Lipinski definition) is 6. The summed E-state index contributed by atoms with van der Waals surface area (Å²) in [6.07, 6.45) is 1.82. The summed E-state index contributed by atoms with van der Waals surface area (Å²) in [6, 6.07) is 4.36. The summed E-state index contributed by atoms with van der Waals surface area (Å²) in [5.41, 5.74) is 0.419. The number of hydrogen-bond donors (Lipinski definition) is 1. The van der Waals surface area contributed by atoms with Gasteiger partial charge in [-0.3, -0.25) is 14.4 Å². The van der Waals surface area contributed by atoms with E-state index in [2.05, 4.69) is 5.32 Å². The molecule has 2 saturated heterocycles. The first-order valence-corrected chi connectivity index (χ1v) is 10.9. The fourth-order valence-electron chi connectivity index (χ4n) is 4.33. The third kappa shape index (κ3) is 4.76. The predicted molar refractivity (Wildman–Crippen MR) is 111 cm³/mol. The van der Waals surface area contributed by atoms with Crippen molar-refractivity contribution in [3.05, 3.63) is 23.8 Å². The van der Waals surface area contributed by atoms with Gasteiger partial charge < -0.3 is 29.3 Å². The van der Waals surface area contributed by atoms with Crippen molar-refractivity contribution in [2.45, 2.75) is 32.2 Å². The van der Waals surface area contributed by atoms with Gasteiger partial charge in [-0.2, -0.15) is 0 Å². The van der Waals surface area contributed by atoms with Gasteiger partial charge in [0.05, 0.1) is 13.2 Å². The highest BCUT2D eigenvalue weighted by Crippen LogP contribution is 2.32. The highest BCUT2D eigenvalue weighted by molar-refractivity contribution is 5.98. The van der Waals surface area contributed by atoms with Crippen molar-refractivity contribution >= 4 is 17.7 Å². The SMILES string of the molecule is CCC(=O)N1CCC(C(NC(=O)c2ccc3c(c2)OCO3)C(=O)N2CCOCC2)CC1. The number of morpholine rings is 1. The van der Waals surface area contributed by atoms with Crippen molar-refractivity contribution in [3.8, 4) is 11.5 Å². The van der Waals surface area contributed by atoms with Crippen LogP contribution in [0.5, 0.6) is 11.5 Å². The van der Waals surface area contributed by atoms with Crippen LogP contribution in [0.1, 0.15) is 36.5 Å². The van der Waals surface area contributed by atoms with E-state index in [1.807, 2.05) is 11.8 Å². The molecule has 1 atom stereocenters. The van der Waals surface area contributed by atoms with Gasteiger partial charge >= 0.3 is 0 Å². The van der Waals surface area contributed by atoms with Crippen molar-refractivity contribution in [2.24, 2.45) is 5.92 Å². The second kappa shape index (κ2) is 9.55. The largest absolute Gasteiger partial charge is 0.454 e. The van der Waals surface area contributed by atoms with Crippen LogP contribution in [0.15, 0.2) is 18.2 Å². The number of ether oxygens (including phenoxy) is 3. The van der Waals surface area contributed by atoms with E-state index in [-0.39, 0.29) is 30.4 Å². The molecule has 0 spiro atoms. The third-order valence-corrected chi connectivity index (χ3v) is 6.18. The van der Waals surface area contributed by atoms with Gasteiger partial charge in [0.25, 0.3) is 5.91 Å². The lowest BCUT2D eigenvalue weighted by atomic mass is 9.88. The molecule has 1 unspecified atom stereocenters. The topological polar surface area (TPSA) is 97.4 Å². The Morgan fingerprint density at radius 3 is 2.45 bits per heavy atom. The van der Waals surface area contributed by atoms with E-state index < -0.39 is 6.04 Å². The number of fused-ring (bicyclic) bond motifs is 1. The highest BCUT2D eigenvalue weighted by atomic mass is 16.7. The van der Waals surface area contributed by atoms with Gasteiger partial charge in [-0.25, -0.2) is 0 Å². The average molecular weight is 431 g/mol. The first kappa shape index (κ1) is 21.4. The van der Waals surface area contributed by atoms with Gasteiger partial charge in [-0.1, -0.05) is 6.92 Å². The van der Waals surface area contributed by atoms with E-state index in [1.165, 1.54) is 0 Å². The quantitative estimate of drug-likeness (QED) is 0.748. The van der Waals surface area contributed by atoms with E-state index in [4.69, 9.17) is 14.2 Å². The normalized spacial score (nSPS) is 19.8. The number of likely N-dealkylation sites (tertiary alicyclic amines) is 1. The Labute approximate surface area is 181 Å². The molecule has 2 fully saturated rings. The summed E-state index contributed by atoms with van der Waals surface area (Å²) in [4.78, 5) is 42.0. The van der Waals surface area contributed by atoms with Crippen LogP contribution in [0, 0.1) is 5.92 Å². The Hall–Kier alpha value is -2.81. The molecule has 3 aliphatic rings. The number of carbonyl (C=O) groups is 3. The summed E-state index contributed by atoms with van der Waals surface area (Å²) in [6.45, 7) is 5.22. The average Bonchev–Trinajstić information content (AvgIpc) is 3.30. The van der Waals surface area contributed by atoms with Crippen LogP contribution < -0.4 is 14.8 Å². The second-order valence-corrected chi connectivity index (χ2v) is 8.03. The van der Waals surface area contributed by atoms with Gasteiger partial charge in [0.1, 0.15) is 6.04 Å². The second-order valence-electron chi connectivity index (χ2n) is 8.03. The maximum atomic E-state index is 13.4. The Morgan fingerprint density at radius 1 is 1.03 bits per heavy atom. The van der Waals surface area contributed by atoms with E-state index in [0.29, 0.717) is 75.7 Å². The molecule has 9 nitrogen and oxygen atoms in total. The monoisotopic (exact) mass is 431 g/mol. The zero-order valence-corrected chi connectivity index (χ0v) is 17.8. The van der Waals surface area contributed by atoms with Crippen LogP contribution in [0.4, 0.5) is 0 Å². The Morgan fingerprint density at radius 2 is 1.74 bits per heavy atom. The lowest BCUT2D eigenvalue weighted by Crippen LogP contribution is -2.56. The minimum Gasteiger partial charge on any atom is -0.454 e. The molecular formula is C22H29N3O6. The van der Waals surface area contributed by atoms with E-state index in [0.717, 1.165) is 0 Å². The molecule has 0 aliphatic carbocycles. The number of nitrogens with one attached hydrogen (secondary N) is 1.